The van der Waals surface area contributed by atoms with Crippen molar-refractivity contribution in [1.29, 1.82) is 0 Å². The highest BCUT2D eigenvalue weighted by atomic mass is 16.2. The SMILES string of the molecule is CC(C)N1CCN(C(=O)[C@H]2CCCN(Cc3nc4ccccc4n3C(C)C)C2)CC1. The summed E-state index contributed by atoms with van der Waals surface area (Å²) >= 11 is 0. The third-order valence-electron chi connectivity index (χ3n) is 6.76. The quantitative estimate of drug-likeness (QED) is 0.757. The van der Waals surface area contributed by atoms with Crippen LogP contribution in [-0.4, -0.2) is 75.5 Å². The van der Waals surface area contributed by atoms with Gasteiger partial charge in [-0.05, 0) is 59.2 Å². The fourth-order valence-electron chi connectivity index (χ4n) is 5.10. The number of fused-ring (bicyclic) bond motifs is 1. The molecule has 30 heavy (non-hydrogen) atoms. The summed E-state index contributed by atoms with van der Waals surface area (Å²) in [5.74, 6) is 1.60. The van der Waals surface area contributed by atoms with Crippen LogP contribution < -0.4 is 0 Å². The zero-order valence-electron chi connectivity index (χ0n) is 19.0. The lowest BCUT2D eigenvalue weighted by Crippen LogP contribution is -2.53. The summed E-state index contributed by atoms with van der Waals surface area (Å²) in [7, 11) is 0. The number of carbonyl (C=O) groups excluding carboxylic acids is 1. The zero-order chi connectivity index (χ0) is 21.3. The Morgan fingerprint density at radius 3 is 2.47 bits per heavy atom. The predicted molar refractivity (Wildman–Crippen MR) is 121 cm³/mol. The first-order valence-corrected chi connectivity index (χ1v) is 11.6. The molecule has 2 saturated heterocycles. The predicted octanol–water partition coefficient (Wildman–Crippen LogP) is 3.38. The Morgan fingerprint density at radius 1 is 1.03 bits per heavy atom. The topological polar surface area (TPSA) is 44.6 Å². The monoisotopic (exact) mass is 411 g/mol. The minimum Gasteiger partial charge on any atom is -0.340 e. The van der Waals surface area contributed by atoms with Crippen LogP contribution in [0.15, 0.2) is 24.3 Å². The largest absolute Gasteiger partial charge is 0.340 e. The van der Waals surface area contributed by atoms with E-state index in [-0.39, 0.29) is 5.92 Å². The summed E-state index contributed by atoms with van der Waals surface area (Å²) in [6.07, 6.45) is 2.10. The van der Waals surface area contributed by atoms with Crippen LogP contribution in [0.4, 0.5) is 0 Å². The van der Waals surface area contributed by atoms with Crippen molar-refractivity contribution in [3.63, 3.8) is 0 Å². The third-order valence-corrected chi connectivity index (χ3v) is 6.76. The van der Waals surface area contributed by atoms with Crippen LogP contribution in [0, 0.1) is 5.92 Å². The number of rotatable bonds is 5. The van der Waals surface area contributed by atoms with Gasteiger partial charge in [-0.2, -0.15) is 0 Å². The maximum Gasteiger partial charge on any atom is 0.227 e. The molecule has 2 fully saturated rings. The van der Waals surface area contributed by atoms with Crippen LogP contribution in [0.1, 0.15) is 52.4 Å². The van der Waals surface area contributed by atoms with E-state index in [0.29, 0.717) is 18.0 Å². The number of nitrogens with zero attached hydrogens (tertiary/aromatic N) is 5. The average Bonchev–Trinajstić information content (AvgIpc) is 3.11. The van der Waals surface area contributed by atoms with Gasteiger partial charge in [-0.3, -0.25) is 14.6 Å². The minimum absolute atomic E-state index is 0.126. The molecule has 6 heteroatoms. The number of carbonyl (C=O) groups is 1. The van der Waals surface area contributed by atoms with E-state index in [2.05, 4.69) is 71.2 Å². The van der Waals surface area contributed by atoms with E-state index in [0.717, 1.165) is 70.0 Å². The Balaban J connectivity index is 1.42. The minimum atomic E-state index is 0.126. The van der Waals surface area contributed by atoms with Gasteiger partial charge in [0.2, 0.25) is 5.91 Å². The zero-order valence-corrected chi connectivity index (χ0v) is 19.0. The van der Waals surface area contributed by atoms with Crippen molar-refractivity contribution in [2.24, 2.45) is 5.92 Å². The number of piperazine rings is 1. The van der Waals surface area contributed by atoms with Crippen molar-refractivity contribution in [3.8, 4) is 0 Å². The average molecular weight is 412 g/mol. The number of aromatic nitrogens is 2. The second-order valence-corrected chi connectivity index (χ2v) is 9.51. The number of hydrogen-bond donors (Lipinski definition) is 0. The third kappa shape index (κ3) is 4.40. The molecule has 0 bridgehead atoms. The molecule has 3 heterocycles. The molecule has 0 unspecified atom stereocenters. The molecular weight excluding hydrogens is 374 g/mol. The first-order valence-electron chi connectivity index (χ1n) is 11.6. The van der Waals surface area contributed by atoms with Gasteiger partial charge in [0.15, 0.2) is 0 Å². The molecule has 2 aliphatic heterocycles. The molecule has 1 aromatic carbocycles. The lowest BCUT2D eigenvalue weighted by molar-refractivity contribution is -0.139. The first kappa shape index (κ1) is 21.3. The van der Waals surface area contributed by atoms with E-state index in [1.807, 2.05) is 0 Å². The van der Waals surface area contributed by atoms with E-state index in [1.165, 1.54) is 5.52 Å². The van der Waals surface area contributed by atoms with Crippen molar-refractivity contribution in [1.82, 2.24) is 24.3 Å². The van der Waals surface area contributed by atoms with E-state index in [4.69, 9.17) is 4.98 Å². The molecule has 2 aliphatic rings. The van der Waals surface area contributed by atoms with Gasteiger partial charge in [-0.25, -0.2) is 4.98 Å². The summed E-state index contributed by atoms with van der Waals surface area (Å²) in [5, 5.41) is 0. The molecule has 0 spiro atoms. The first-order chi connectivity index (χ1) is 14.4. The maximum atomic E-state index is 13.2. The molecule has 0 saturated carbocycles. The fourth-order valence-corrected chi connectivity index (χ4v) is 5.10. The summed E-state index contributed by atoms with van der Waals surface area (Å²) in [4.78, 5) is 25.2. The Hall–Kier alpha value is -1.92. The van der Waals surface area contributed by atoms with Gasteiger partial charge < -0.3 is 9.47 Å². The summed E-state index contributed by atoms with van der Waals surface area (Å²) in [6.45, 7) is 15.4. The molecule has 2 aromatic rings. The number of hydrogen-bond acceptors (Lipinski definition) is 4. The Morgan fingerprint density at radius 2 is 1.77 bits per heavy atom. The van der Waals surface area contributed by atoms with Gasteiger partial charge in [-0.15, -0.1) is 0 Å². The van der Waals surface area contributed by atoms with Gasteiger partial charge >= 0.3 is 0 Å². The number of imidazole rings is 1. The highest BCUT2D eigenvalue weighted by Gasteiger charge is 2.32. The van der Waals surface area contributed by atoms with Crippen molar-refractivity contribution >= 4 is 16.9 Å². The lowest BCUT2D eigenvalue weighted by Gasteiger charge is -2.40. The number of benzene rings is 1. The number of para-hydroxylation sites is 2. The second-order valence-electron chi connectivity index (χ2n) is 9.51. The molecule has 0 N–H and O–H groups in total. The van der Waals surface area contributed by atoms with Crippen LogP contribution in [0.2, 0.25) is 0 Å². The van der Waals surface area contributed by atoms with Crippen molar-refractivity contribution in [2.45, 2.75) is 59.2 Å². The van der Waals surface area contributed by atoms with Crippen LogP contribution in [0.5, 0.6) is 0 Å². The molecule has 0 aliphatic carbocycles. The van der Waals surface area contributed by atoms with E-state index < -0.39 is 0 Å². The maximum absolute atomic E-state index is 13.2. The van der Waals surface area contributed by atoms with Crippen LogP contribution in [0.25, 0.3) is 11.0 Å². The summed E-state index contributed by atoms with van der Waals surface area (Å²) in [6, 6.07) is 9.32. The van der Waals surface area contributed by atoms with E-state index in [1.54, 1.807) is 0 Å². The number of piperidine rings is 1. The Bertz CT molecular complexity index is 866. The Kier molecular flexibility index (Phi) is 6.44. The molecule has 1 amide bonds. The van der Waals surface area contributed by atoms with Gasteiger partial charge in [0.25, 0.3) is 0 Å². The summed E-state index contributed by atoms with van der Waals surface area (Å²) in [5.41, 5.74) is 2.27. The van der Waals surface area contributed by atoms with Crippen molar-refractivity contribution < 1.29 is 4.79 Å². The normalized spacial score (nSPS) is 21.8. The summed E-state index contributed by atoms with van der Waals surface area (Å²) < 4.78 is 2.35. The van der Waals surface area contributed by atoms with Gasteiger partial charge in [0, 0.05) is 44.8 Å². The highest BCUT2D eigenvalue weighted by molar-refractivity contribution is 5.79. The van der Waals surface area contributed by atoms with E-state index in [9.17, 15) is 4.79 Å². The number of likely N-dealkylation sites (tertiary alicyclic amines) is 1. The van der Waals surface area contributed by atoms with Gasteiger partial charge in [0.05, 0.1) is 23.5 Å². The van der Waals surface area contributed by atoms with Gasteiger partial charge in [0.1, 0.15) is 5.82 Å². The standard InChI is InChI=1S/C24H37N5O/c1-18(2)27-12-14-28(15-13-27)24(30)20-8-7-11-26(16-20)17-23-25-21-9-5-6-10-22(21)29(23)19(3)4/h5-6,9-10,18-20H,7-8,11-17H2,1-4H3/t20-/m0/s1. The lowest BCUT2D eigenvalue weighted by atomic mass is 9.96. The van der Waals surface area contributed by atoms with Crippen molar-refractivity contribution in [2.75, 3.05) is 39.3 Å². The molecular formula is C24H37N5O. The number of amides is 1. The highest BCUT2D eigenvalue weighted by Crippen LogP contribution is 2.25. The van der Waals surface area contributed by atoms with Gasteiger partial charge in [-0.1, -0.05) is 12.1 Å². The molecule has 4 rings (SSSR count). The molecule has 1 aromatic heterocycles. The Labute approximate surface area is 180 Å². The molecule has 164 valence electrons. The van der Waals surface area contributed by atoms with Crippen LogP contribution >= 0.6 is 0 Å². The van der Waals surface area contributed by atoms with E-state index >= 15 is 0 Å². The van der Waals surface area contributed by atoms with Crippen LogP contribution in [0.3, 0.4) is 0 Å². The fraction of sp³-hybridized carbons (Fsp3) is 0.667. The molecule has 1 atom stereocenters. The molecule has 0 radical (unpaired) electrons. The molecule has 6 nitrogen and oxygen atoms in total. The smallest absolute Gasteiger partial charge is 0.227 e. The van der Waals surface area contributed by atoms with Crippen molar-refractivity contribution in [3.05, 3.63) is 30.1 Å². The second kappa shape index (κ2) is 9.06. The van der Waals surface area contributed by atoms with Crippen LogP contribution in [-0.2, 0) is 11.3 Å².